The molecule has 1 unspecified atom stereocenters. The first-order valence-electron chi connectivity index (χ1n) is 7.58. The zero-order valence-corrected chi connectivity index (χ0v) is 13.2. The molecule has 1 atom stereocenters. The Kier molecular flexibility index (Phi) is 3.02. The zero-order valence-electron chi connectivity index (χ0n) is 13.2. The highest BCUT2D eigenvalue weighted by Crippen LogP contribution is 2.50. The first-order chi connectivity index (χ1) is 9.31. The second-order valence-electron chi connectivity index (χ2n) is 7.19. The van der Waals surface area contributed by atoms with Gasteiger partial charge in [0.15, 0.2) is 11.5 Å². The summed E-state index contributed by atoms with van der Waals surface area (Å²) < 4.78 is 12.4. The molecule has 0 bridgehead atoms. The molecule has 3 rings (SSSR count). The van der Waals surface area contributed by atoms with Crippen LogP contribution in [0, 0.1) is 0 Å². The van der Waals surface area contributed by atoms with Crippen molar-refractivity contribution in [1.82, 2.24) is 5.32 Å². The number of rotatable bonds is 2. The van der Waals surface area contributed by atoms with E-state index in [0.717, 1.165) is 30.9 Å². The summed E-state index contributed by atoms with van der Waals surface area (Å²) in [6, 6.07) is 4.76. The summed E-state index contributed by atoms with van der Waals surface area (Å²) in [5.74, 6) is 1.92. The lowest BCUT2D eigenvalue weighted by molar-refractivity contribution is 0.0555. The van der Waals surface area contributed by atoms with Gasteiger partial charge >= 0.3 is 0 Å². The SMILES string of the molecule is CCNC1CC(C)(C)Oc2c1ccc1c2OC(C)(C)C1. The lowest BCUT2D eigenvalue weighted by Gasteiger charge is -2.38. The van der Waals surface area contributed by atoms with E-state index in [1.807, 2.05) is 0 Å². The molecule has 110 valence electrons. The van der Waals surface area contributed by atoms with E-state index < -0.39 is 0 Å². The van der Waals surface area contributed by atoms with Gasteiger partial charge in [-0.25, -0.2) is 0 Å². The molecule has 1 N–H and O–H groups in total. The van der Waals surface area contributed by atoms with E-state index in [4.69, 9.17) is 9.47 Å². The van der Waals surface area contributed by atoms with Gasteiger partial charge in [0.05, 0.1) is 0 Å². The molecule has 2 heterocycles. The molecule has 1 aromatic carbocycles. The molecule has 0 radical (unpaired) electrons. The summed E-state index contributed by atoms with van der Waals surface area (Å²) in [7, 11) is 0. The Morgan fingerprint density at radius 3 is 2.50 bits per heavy atom. The molecular formula is C17H25NO2. The lowest BCUT2D eigenvalue weighted by Crippen LogP contribution is -2.39. The molecule has 1 aromatic rings. The van der Waals surface area contributed by atoms with E-state index in [0.29, 0.717) is 6.04 Å². The van der Waals surface area contributed by atoms with Crippen LogP contribution in [-0.4, -0.2) is 17.7 Å². The Morgan fingerprint density at radius 2 is 1.80 bits per heavy atom. The number of benzene rings is 1. The van der Waals surface area contributed by atoms with Crippen LogP contribution >= 0.6 is 0 Å². The maximum absolute atomic E-state index is 6.27. The van der Waals surface area contributed by atoms with Gasteiger partial charge in [0, 0.05) is 30.0 Å². The minimum Gasteiger partial charge on any atom is -0.484 e. The summed E-state index contributed by atoms with van der Waals surface area (Å²) in [4.78, 5) is 0. The van der Waals surface area contributed by atoms with Crippen LogP contribution in [0.3, 0.4) is 0 Å². The smallest absolute Gasteiger partial charge is 0.167 e. The van der Waals surface area contributed by atoms with Crippen molar-refractivity contribution in [3.8, 4) is 11.5 Å². The van der Waals surface area contributed by atoms with Gasteiger partial charge in [-0.1, -0.05) is 19.1 Å². The van der Waals surface area contributed by atoms with Crippen LogP contribution in [0.15, 0.2) is 12.1 Å². The van der Waals surface area contributed by atoms with Crippen molar-refractivity contribution in [3.63, 3.8) is 0 Å². The Labute approximate surface area is 121 Å². The largest absolute Gasteiger partial charge is 0.484 e. The highest BCUT2D eigenvalue weighted by atomic mass is 16.5. The first kappa shape index (κ1) is 13.7. The molecule has 0 aliphatic carbocycles. The highest BCUT2D eigenvalue weighted by Gasteiger charge is 2.40. The average molecular weight is 275 g/mol. The summed E-state index contributed by atoms with van der Waals surface area (Å²) in [5, 5.41) is 3.57. The normalized spacial score (nSPS) is 25.4. The fourth-order valence-corrected chi connectivity index (χ4v) is 3.37. The van der Waals surface area contributed by atoms with Gasteiger partial charge in [-0.15, -0.1) is 0 Å². The van der Waals surface area contributed by atoms with Crippen LogP contribution in [0.2, 0.25) is 0 Å². The molecular weight excluding hydrogens is 250 g/mol. The summed E-state index contributed by atoms with van der Waals surface area (Å²) in [6.45, 7) is 11.7. The van der Waals surface area contributed by atoms with Crippen molar-refractivity contribution >= 4 is 0 Å². The number of nitrogens with one attached hydrogen (secondary N) is 1. The van der Waals surface area contributed by atoms with Crippen LogP contribution in [0.5, 0.6) is 11.5 Å². The molecule has 0 fully saturated rings. The molecule has 0 spiro atoms. The first-order valence-corrected chi connectivity index (χ1v) is 7.58. The quantitative estimate of drug-likeness (QED) is 0.894. The molecule has 2 aliphatic heterocycles. The third-order valence-electron chi connectivity index (χ3n) is 4.12. The third kappa shape index (κ3) is 2.28. The predicted octanol–water partition coefficient (Wildman–Crippen LogP) is 3.61. The highest BCUT2D eigenvalue weighted by molar-refractivity contribution is 5.57. The predicted molar refractivity (Wildman–Crippen MR) is 80.6 cm³/mol. The minimum atomic E-state index is -0.162. The zero-order chi connectivity index (χ0) is 14.5. The Morgan fingerprint density at radius 1 is 1.10 bits per heavy atom. The summed E-state index contributed by atoms with van der Waals surface area (Å²) in [6.07, 6.45) is 1.93. The average Bonchev–Trinajstić information content (AvgIpc) is 2.63. The molecule has 3 heteroatoms. The van der Waals surface area contributed by atoms with Crippen LogP contribution in [-0.2, 0) is 6.42 Å². The third-order valence-corrected chi connectivity index (χ3v) is 4.12. The van der Waals surface area contributed by atoms with Gasteiger partial charge in [-0.3, -0.25) is 0 Å². The summed E-state index contributed by atoms with van der Waals surface area (Å²) in [5.41, 5.74) is 2.21. The number of ether oxygens (including phenoxy) is 2. The Balaban J connectivity index is 2.07. The molecule has 3 nitrogen and oxygen atoms in total. The number of hydrogen-bond donors (Lipinski definition) is 1. The van der Waals surface area contributed by atoms with Gasteiger partial charge < -0.3 is 14.8 Å². The maximum atomic E-state index is 6.27. The Hall–Kier alpha value is -1.22. The van der Waals surface area contributed by atoms with E-state index >= 15 is 0 Å². The molecule has 20 heavy (non-hydrogen) atoms. The van der Waals surface area contributed by atoms with Crippen molar-refractivity contribution in [3.05, 3.63) is 23.3 Å². The van der Waals surface area contributed by atoms with Crippen molar-refractivity contribution in [2.24, 2.45) is 0 Å². The second kappa shape index (κ2) is 4.39. The molecule has 0 saturated carbocycles. The summed E-state index contributed by atoms with van der Waals surface area (Å²) >= 11 is 0. The monoisotopic (exact) mass is 275 g/mol. The van der Waals surface area contributed by atoms with Gasteiger partial charge in [-0.05, 0) is 34.2 Å². The van der Waals surface area contributed by atoms with Gasteiger partial charge in [0.25, 0.3) is 0 Å². The van der Waals surface area contributed by atoms with Gasteiger partial charge in [0.1, 0.15) is 11.2 Å². The van der Waals surface area contributed by atoms with E-state index in [2.05, 4.69) is 52.1 Å². The molecule has 0 saturated heterocycles. The van der Waals surface area contributed by atoms with Crippen molar-refractivity contribution < 1.29 is 9.47 Å². The fraction of sp³-hybridized carbons (Fsp3) is 0.647. The van der Waals surface area contributed by atoms with Crippen molar-refractivity contribution in [2.75, 3.05) is 6.54 Å². The van der Waals surface area contributed by atoms with E-state index in [-0.39, 0.29) is 11.2 Å². The van der Waals surface area contributed by atoms with Crippen LogP contribution in [0.1, 0.15) is 58.2 Å². The van der Waals surface area contributed by atoms with Crippen LogP contribution in [0.25, 0.3) is 0 Å². The lowest BCUT2D eigenvalue weighted by atomic mass is 9.88. The number of fused-ring (bicyclic) bond motifs is 3. The molecule has 2 aliphatic rings. The molecule has 0 aromatic heterocycles. The fourth-order valence-electron chi connectivity index (χ4n) is 3.37. The van der Waals surface area contributed by atoms with Crippen LogP contribution in [0.4, 0.5) is 0 Å². The van der Waals surface area contributed by atoms with E-state index in [1.165, 1.54) is 11.1 Å². The van der Waals surface area contributed by atoms with Gasteiger partial charge in [-0.2, -0.15) is 0 Å². The minimum absolute atomic E-state index is 0.129. The standard InChI is InChI=1S/C17H25NO2/c1-6-18-13-10-17(4,5)20-15-12(13)8-7-11-9-16(2,3)19-14(11)15/h7-8,13,18H,6,9-10H2,1-5H3. The second-order valence-corrected chi connectivity index (χ2v) is 7.19. The van der Waals surface area contributed by atoms with E-state index in [9.17, 15) is 0 Å². The van der Waals surface area contributed by atoms with Gasteiger partial charge in [0.2, 0.25) is 0 Å². The maximum Gasteiger partial charge on any atom is 0.167 e. The van der Waals surface area contributed by atoms with Crippen molar-refractivity contribution in [2.45, 2.75) is 64.7 Å². The van der Waals surface area contributed by atoms with E-state index in [1.54, 1.807) is 0 Å². The molecule has 0 amide bonds. The van der Waals surface area contributed by atoms with Crippen molar-refractivity contribution in [1.29, 1.82) is 0 Å². The number of hydrogen-bond acceptors (Lipinski definition) is 3. The Bertz CT molecular complexity index is 534. The van der Waals surface area contributed by atoms with Crippen LogP contribution < -0.4 is 14.8 Å². The topological polar surface area (TPSA) is 30.5 Å².